The SMILES string of the molecule is CCCC1CCCC(CN)(NCC(C)OC)CC1. The molecule has 0 aromatic carbocycles. The number of methoxy groups -OCH3 is 1. The summed E-state index contributed by atoms with van der Waals surface area (Å²) in [6, 6.07) is 0. The Bertz CT molecular complexity index is 223. The number of hydrogen-bond acceptors (Lipinski definition) is 3. The molecule has 18 heavy (non-hydrogen) atoms. The molecular formula is C15H32N2O. The lowest BCUT2D eigenvalue weighted by Crippen LogP contribution is -2.53. The largest absolute Gasteiger partial charge is 0.380 e. The minimum atomic E-state index is 0.162. The van der Waals surface area contributed by atoms with Crippen LogP contribution < -0.4 is 11.1 Å². The zero-order valence-electron chi connectivity index (χ0n) is 12.5. The Kier molecular flexibility index (Phi) is 7.20. The van der Waals surface area contributed by atoms with Gasteiger partial charge in [0.2, 0.25) is 0 Å². The first-order chi connectivity index (χ1) is 8.65. The van der Waals surface area contributed by atoms with E-state index in [4.69, 9.17) is 10.5 Å². The number of rotatable bonds is 7. The van der Waals surface area contributed by atoms with Gasteiger partial charge in [-0.15, -0.1) is 0 Å². The smallest absolute Gasteiger partial charge is 0.0667 e. The predicted molar refractivity (Wildman–Crippen MR) is 77.7 cm³/mol. The van der Waals surface area contributed by atoms with E-state index >= 15 is 0 Å². The van der Waals surface area contributed by atoms with Gasteiger partial charge in [0.25, 0.3) is 0 Å². The maximum Gasteiger partial charge on any atom is 0.0667 e. The van der Waals surface area contributed by atoms with Crippen LogP contribution in [-0.2, 0) is 4.74 Å². The second-order valence-electron chi connectivity index (χ2n) is 6.00. The van der Waals surface area contributed by atoms with Gasteiger partial charge >= 0.3 is 0 Å². The average Bonchev–Trinajstić information content (AvgIpc) is 2.60. The van der Waals surface area contributed by atoms with E-state index in [1.807, 2.05) is 0 Å². The van der Waals surface area contributed by atoms with Gasteiger partial charge in [0.1, 0.15) is 0 Å². The van der Waals surface area contributed by atoms with Crippen LogP contribution in [0.2, 0.25) is 0 Å². The molecule has 0 heterocycles. The third-order valence-corrected chi connectivity index (χ3v) is 4.55. The lowest BCUT2D eigenvalue weighted by Gasteiger charge is -2.34. The van der Waals surface area contributed by atoms with Gasteiger partial charge in [0.05, 0.1) is 6.10 Å². The molecule has 1 aliphatic rings. The normalized spacial score (nSPS) is 31.0. The van der Waals surface area contributed by atoms with Crippen LogP contribution in [0.5, 0.6) is 0 Å². The van der Waals surface area contributed by atoms with E-state index in [0.717, 1.165) is 19.0 Å². The third kappa shape index (κ3) is 4.87. The lowest BCUT2D eigenvalue weighted by atomic mass is 9.89. The molecule has 3 unspecified atom stereocenters. The molecule has 0 aromatic rings. The van der Waals surface area contributed by atoms with Gasteiger partial charge in [-0.2, -0.15) is 0 Å². The summed E-state index contributed by atoms with van der Waals surface area (Å²) < 4.78 is 5.32. The van der Waals surface area contributed by atoms with E-state index in [-0.39, 0.29) is 11.6 Å². The average molecular weight is 256 g/mol. The number of nitrogens with one attached hydrogen (secondary N) is 1. The molecule has 108 valence electrons. The van der Waals surface area contributed by atoms with Crippen LogP contribution in [-0.4, -0.2) is 31.8 Å². The van der Waals surface area contributed by atoms with Crippen LogP contribution in [0.4, 0.5) is 0 Å². The molecule has 1 aliphatic carbocycles. The van der Waals surface area contributed by atoms with Crippen molar-refractivity contribution in [3.63, 3.8) is 0 Å². The molecule has 0 aromatic heterocycles. The lowest BCUT2D eigenvalue weighted by molar-refractivity contribution is 0.104. The fourth-order valence-corrected chi connectivity index (χ4v) is 3.07. The van der Waals surface area contributed by atoms with Crippen LogP contribution >= 0.6 is 0 Å². The van der Waals surface area contributed by atoms with E-state index in [0.29, 0.717) is 0 Å². The summed E-state index contributed by atoms with van der Waals surface area (Å²) in [6.45, 7) is 6.06. The van der Waals surface area contributed by atoms with Gasteiger partial charge in [0.15, 0.2) is 0 Å². The summed E-state index contributed by atoms with van der Waals surface area (Å²) in [5.74, 6) is 0.921. The summed E-state index contributed by atoms with van der Waals surface area (Å²) in [4.78, 5) is 0. The van der Waals surface area contributed by atoms with E-state index in [1.165, 1.54) is 44.9 Å². The highest BCUT2D eigenvalue weighted by molar-refractivity contribution is 4.92. The molecule has 0 amide bonds. The first-order valence-electron chi connectivity index (χ1n) is 7.63. The van der Waals surface area contributed by atoms with Crippen molar-refractivity contribution in [1.82, 2.24) is 5.32 Å². The molecule has 0 bridgehead atoms. The standard InChI is InChI=1S/C15H32N2O/c1-4-6-14-7-5-9-15(12-16,10-8-14)17-11-13(2)18-3/h13-14,17H,4-12,16H2,1-3H3. The summed E-state index contributed by atoms with van der Waals surface area (Å²) in [5.41, 5.74) is 6.21. The van der Waals surface area contributed by atoms with Crippen LogP contribution in [0.1, 0.15) is 58.8 Å². The van der Waals surface area contributed by atoms with Gasteiger partial charge < -0.3 is 15.8 Å². The highest BCUT2D eigenvalue weighted by Gasteiger charge is 2.31. The second kappa shape index (κ2) is 8.13. The van der Waals surface area contributed by atoms with Crippen LogP contribution in [0.15, 0.2) is 0 Å². The van der Waals surface area contributed by atoms with Crippen molar-refractivity contribution >= 4 is 0 Å². The molecule has 3 nitrogen and oxygen atoms in total. The zero-order valence-corrected chi connectivity index (χ0v) is 12.5. The Labute approximate surface area is 113 Å². The monoisotopic (exact) mass is 256 g/mol. The topological polar surface area (TPSA) is 47.3 Å². The molecule has 1 saturated carbocycles. The number of ether oxygens (including phenoxy) is 1. The minimum absolute atomic E-state index is 0.162. The molecule has 1 fully saturated rings. The fraction of sp³-hybridized carbons (Fsp3) is 1.00. The first kappa shape index (κ1) is 15.9. The predicted octanol–water partition coefficient (Wildman–Crippen LogP) is 2.69. The molecule has 0 aliphatic heterocycles. The molecule has 0 radical (unpaired) electrons. The quantitative estimate of drug-likeness (QED) is 0.689. The van der Waals surface area contributed by atoms with Crippen molar-refractivity contribution < 1.29 is 4.74 Å². The Balaban J connectivity index is 2.48. The second-order valence-corrected chi connectivity index (χ2v) is 6.00. The number of nitrogens with two attached hydrogens (primary N) is 1. The molecular weight excluding hydrogens is 224 g/mol. The molecule has 3 heteroatoms. The molecule has 0 saturated heterocycles. The highest BCUT2D eigenvalue weighted by Crippen LogP contribution is 2.32. The van der Waals surface area contributed by atoms with Gasteiger partial charge in [-0.3, -0.25) is 0 Å². The van der Waals surface area contributed by atoms with Gasteiger partial charge in [0, 0.05) is 25.7 Å². The zero-order chi connectivity index (χ0) is 13.4. The van der Waals surface area contributed by atoms with Crippen molar-refractivity contribution in [3.8, 4) is 0 Å². The number of hydrogen-bond donors (Lipinski definition) is 2. The van der Waals surface area contributed by atoms with E-state index in [9.17, 15) is 0 Å². The first-order valence-corrected chi connectivity index (χ1v) is 7.63. The molecule has 3 N–H and O–H groups in total. The molecule has 3 atom stereocenters. The Morgan fingerprint density at radius 2 is 2.17 bits per heavy atom. The Morgan fingerprint density at radius 1 is 1.39 bits per heavy atom. The highest BCUT2D eigenvalue weighted by atomic mass is 16.5. The van der Waals surface area contributed by atoms with Gasteiger partial charge in [-0.1, -0.05) is 32.6 Å². The maximum atomic E-state index is 6.05. The van der Waals surface area contributed by atoms with Gasteiger partial charge in [-0.25, -0.2) is 0 Å². The molecule has 0 spiro atoms. The fourth-order valence-electron chi connectivity index (χ4n) is 3.07. The maximum absolute atomic E-state index is 6.05. The van der Waals surface area contributed by atoms with Crippen molar-refractivity contribution in [2.45, 2.75) is 70.4 Å². The Hall–Kier alpha value is -0.120. The summed E-state index contributed by atoms with van der Waals surface area (Å²) in [5, 5.41) is 3.69. The van der Waals surface area contributed by atoms with Crippen LogP contribution in [0, 0.1) is 5.92 Å². The minimum Gasteiger partial charge on any atom is -0.380 e. The Morgan fingerprint density at radius 3 is 2.78 bits per heavy atom. The van der Waals surface area contributed by atoms with E-state index < -0.39 is 0 Å². The van der Waals surface area contributed by atoms with Gasteiger partial charge in [-0.05, 0) is 32.1 Å². The van der Waals surface area contributed by atoms with E-state index in [1.54, 1.807) is 7.11 Å². The summed E-state index contributed by atoms with van der Waals surface area (Å²) in [6.07, 6.45) is 9.45. The van der Waals surface area contributed by atoms with Crippen molar-refractivity contribution in [2.24, 2.45) is 11.7 Å². The summed E-state index contributed by atoms with van der Waals surface area (Å²) >= 11 is 0. The van der Waals surface area contributed by atoms with Crippen LogP contribution in [0.3, 0.4) is 0 Å². The van der Waals surface area contributed by atoms with Crippen LogP contribution in [0.25, 0.3) is 0 Å². The molecule has 1 rings (SSSR count). The third-order valence-electron chi connectivity index (χ3n) is 4.55. The van der Waals surface area contributed by atoms with Crippen molar-refractivity contribution in [2.75, 3.05) is 20.2 Å². The van der Waals surface area contributed by atoms with Crippen molar-refractivity contribution in [3.05, 3.63) is 0 Å². The van der Waals surface area contributed by atoms with E-state index in [2.05, 4.69) is 19.2 Å². The summed E-state index contributed by atoms with van der Waals surface area (Å²) in [7, 11) is 1.77. The van der Waals surface area contributed by atoms with Crippen molar-refractivity contribution in [1.29, 1.82) is 0 Å².